The van der Waals surface area contributed by atoms with Gasteiger partial charge in [0, 0.05) is 10.0 Å². The number of benzene rings is 1. The van der Waals surface area contributed by atoms with Crippen molar-refractivity contribution in [1.82, 2.24) is 0 Å². The molecule has 17 heavy (non-hydrogen) atoms. The van der Waals surface area contributed by atoms with Gasteiger partial charge in [-0.3, -0.25) is 0 Å². The largest absolute Gasteiger partial charge is 0.325 e. The fourth-order valence-electron chi connectivity index (χ4n) is 2.81. The molecule has 94 valence electrons. The van der Waals surface area contributed by atoms with Crippen molar-refractivity contribution in [2.75, 3.05) is 0 Å². The standard InChI is InChI=1S/C15H22BrN/c16-14-9-5-4-8-13(14)12-15(17)10-6-2-1-3-7-11-15/h4-5,8-9H,1-3,6-7,10-12,17H2. The van der Waals surface area contributed by atoms with E-state index in [-0.39, 0.29) is 5.54 Å². The maximum atomic E-state index is 6.61. The molecule has 2 heteroatoms. The zero-order valence-electron chi connectivity index (χ0n) is 10.4. The third-order valence-electron chi connectivity index (χ3n) is 3.85. The van der Waals surface area contributed by atoms with Crippen molar-refractivity contribution >= 4 is 15.9 Å². The number of hydrogen-bond donors (Lipinski definition) is 1. The van der Waals surface area contributed by atoms with Gasteiger partial charge < -0.3 is 5.73 Å². The summed E-state index contributed by atoms with van der Waals surface area (Å²) in [6.45, 7) is 0. The summed E-state index contributed by atoms with van der Waals surface area (Å²) in [6.07, 6.45) is 10.0. The minimum Gasteiger partial charge on any atom is -0.325 e. The summed E-state index contributed by atoms with van der Waals surface area (Å²) in [7, 11) is 0. The Morgan fingerprint density at radius 1 is 1.00 bits per heavy atom. The van der Waals surface area contributed by atoms with Crippen molar-refractivity contribution < 1.29 is 0 Å². The predicted molar refractivity (Wildman–Crippen MR) is 77.1 cm³/mol. The first-order chi connectivity index (χ1) is 8.20. The lowest BCUT2D eigenvalue weighted by molar-refractivity contribution is 0.314. The van der Waals surface area contributed by atoms with E-state index in [1.807, 2.05) is 0 Å². The molecule has 1 aliphatic rings. The summed E-state index contributed by atoms with van der Waals surface area (Å²) in [5.74, 6) is 0. The zero-order chi connectivity index (χ0) is 12.1. The second kappa shape index (κ2) is 6.01. The number of hydrogen-bond acceptors (Lipinski definition) is 1. The minimum absolute atomic E-state index is 0.0181. The number of nitrogens with two attached hydrogens (primary N) is 1. The molecule has 0 aliphatic heterocycles. The monoisotopic (exact) mass is 295 g/mol. The quantitative estimate of drug-likeness (QED) is 0.858. The Kier molecular flexibility index (Phi) is 4.63. The summed E-state index contributed by atoms with van der Waals surface area (Å²) < 4.78 is 1.20. The van der Waals surface area contributed by atoms with Crippen molar-refractivity contribution in [2.24, 2.45) is 5.73 Å². The second-order valence-corrected chi connectivity index (χ2v) is 6.25. The third kappa shape index (κ3) is 3.82. The molecule has 0 atom stereocenters. The van der Waals surface area contributed by atoms with Crippen LogP contribution in [-0.4, -0.2) is 5.54 Å². The summed E-state index contributed by atoms with van der Waals surface area (Å²) in [6, 6.07) is 8.47. The van der Waals surface area contributed by atoms with Crippen molar-refractivity contribution in [3.8, 4) is 0 Å². The van der Waals surface area contributed by atoms with Crippen LogP contribution < -0.4 is 5.73 Å². The van der Waals surface area contributed by atoms with Gasteiger partial charge in [0.25, 0.3) is 0 Å². The van der Waals surface area contributed by atoms with E-state index in [1.165, 1.54) is 55.0 Å². The molecule has 0 spiro atoms. The van der Waals surface area contributed by atoms with Gasteiger partial charge in [0.1, 0.15) is 0 Å². The van der Waals surface area contributed by atoms with Crippen LogP contribution in [0.1, 0.15) is 50.5 Å². The Labute approximate surface area is 113 Å². The molecule has 1 saturated carbocycles. The fourth-order valence-corrected chi connectivity index (χ4v) is 3.23. The molecule has 2 rings (SSSR count). The number of rotatable bonds is 2. The van der Waals surface area contributed by atoms with E-state index >= 15 is 0 Å². The van der Waals surface area contributed by atoms with Gasteiger partial charge in [-0.25, -0.2) is 0 Å². The molecular formula is C15H22BrN. The van der Waals surface area contributed by atoms with Crippen molar-refractivity contribution in [1.29, 1.82) is 0 Å². The van der Waals surface area contributed by atoms with Crippen molar-refractivity contribution in [3.63, 3.8) is 0 Å². The average molecular weight is 296 g/mol. The van der Waals surface area contributed by atoms with Gasteiger partial charge in [-0.05, 0) is 30.9 Å². The Hall–Kier alpha value is -0.340. The maximum Gasteiger partial charge on any atom is 0.0207 e. The Morgan fingerprint density at radius 3 is 2.24 bits per heavy atom. The van der Waals surface area contributed by atoms with E-state index in [0.717, 1.165) is 6.42 Å². The fraction of sp³-hybridized carbons (Fsp3) is 0.600. The highest BCUT2D eigenvalue weighted by molar-refractivity contribution is 9.10. The van der Waals surface area contributed by atoms with Crippen LogP contribution in [0.15, 0.2) is 28.7 Å². The lowest BCUT2D eigenvalue weighted by Crippen LogP contribution is -2.42. The molecule has 0 unspecified atom stereocenters. The smallest absolute Gasteiger partial charge is 0.0207 e. The molecule has 1 nitrogen and oxygen atoms in total. The SMILES string of the molecule is NC1(Cc2ccccc2Br)CCCCCCC1. The van der Waals surface area contributed by atoms with Crippen molar-refractivity contribution in [3.05, 3.63) is 34.3 Å². The van der Waals surface area contributed by atoms with E-state index in [4.69, 9.17) is 5.73 Å². The normalized spacial score (nSPS) is 20.6. The first kappa shape index (κ1) is 13.1. The Morgan fingerprint density at radius 2 is 1.59 bits per heavy atom. The lowest BCUT2D eigenvalue weighted by Gasteiger charge is -2.32. The summed E-state index contributed by atoms with van der Waals surface area (Å²) >= 11 is 3.63. The lowest BCUT2D eigenvalue weighted by atomic mass is 9.80. The molecule has 0 radical (unpaired) electrons. The molecule has 0 saturated heterocycles. The van der Waals surface area contributed by atoms with Crippen LogP contribution in [0.5, 0.6) is 0 Å². The first-order valence-corrected chi connectivity index (χ1v) is 7.51. The summed E-state index contributed by atoms with van der Waals surface area (Å²) in [5.41, 5.74) is 7.98. The van der Waals surface area contributed by atoms with Gasteiger partial charge in [-0.1, -0.05) is 66.2 Å². The van der Waals surface area contributed by atoms with Crippen LogP contribution in [0.3, 0.4) is 0 Å². The van der Waals surface area contributed by atoms with Gasteiger partial charge >= 0.3 is 0 Å². The molecule has 0 heterocycles. The molecule has 1 fully saturated rings. The Balaban J connectivity index is 2.06. The van der Waals surface area contributed by atoms with Gasteiger partial charge in [0.05, 0.1) is 0 Å². The van der Waals surface area contributed by atoms with Crippen LogP contribution in [0, 0.1) is 0 Å². The topological polar surface area (TPSA) is 26.0 Å². The van der Waals surface area contributed by atoms with Crippen molar-refractivity contribution in [2.45, 2.75) is 56.9 Å². The molecular weight excluding hydrogens is 274 g/mol. The Bertz CT molecular complexity index is 354. The van der Waals surface area contributed by atoms with E-state index < -0.39 is 0 Å². The molecule has 2 N–H and O–H groups in total. The molecule has 0 amide bonds. The van der Waals surface area contributed by atoms with Gasteiger partial charge in [0.15, 0.2) is 0 Å². The molecule has 0 aromatic heterocycles. The number of halogens is 1. The van der Waals surface area contributed by atoms with Crippen LogP contribution in [0.4, 0.5) is 0 Å². The molecule has 0 bridgehead atoms. The average Bonchev–Trinajstić information content (AvgIpc) is 2.28. The first-order valence-electron chi connectivity index (χ1n) is 6.72. The highest BCUT2D eigenvalue weighted by Crippen LogP contribution is 2.29. The third-order valence-corrected chi connectivity index (χ3v) is 4.62. The molecule has 1 aliphatic carbocycles. The zero-order valence-corrected chi connectivity index (χ0v) is 12.0. The highest BCUT2D eigenvalue weighted by atomic mass is 79.9. The van der Waals surface area contributed by atoms with E-state index in [2.05, 4.69) is 40.2 Å². The van der Waals surface area contributed by atoms with E-state index in [9.17, 15) is 0 Å². The summed E-state index contributed by atoms with van der Waals surface area (Å²) in [4.78, 5) is 0. The van der Waals surface area contributed by atoms with Crippen LogP contribution >= 0.6 is 15.9 Å². The molecule has 1 aromatic carbocycles. The van der Waals surface area contributed by atoms with Gasteiger partial charge in [0.2, 0.25) is 0 Å². The maximum absolute atomic E-state index is 6.61. The van der Waals surface area contributed by atoms with Crippen LogP contribution in [0.25, 0.3) is 0 Å². The highest BCUT2D eigenvalue weighted by Gasteiger charge is 2.26. The van der Waals surface area contributed by atoms with Gasteiger partial charge in [-0.15, -0.1) is 0 Å². The minimum atomic E-state index is 0.0181. The molecule has 1 aromatic rings. The second-order valence-electron chi connectivity index (χ2n) is 5.40. The van der Waals surface area contributed by atoms with E-state index in [0.29, 0.717) is 0 Å². The summed E-state index contributed by atoms with van der Waals surface area (Å²) in [5, 5.41) is 0. The van der Waals surface area contributed by atoms with Gasteiger partial charge in [-0.2, -0.15) is 0 Å². The van der Waals surface area contributed by atoms with Crippen LogP contribution in [-0.2, 0) is 6.42 Å². The van der Waals surface area contributed by atoms with Crippen LogP contribution in [0.2, 0.25) is 0 Å². The predicted octanol–water partition coefficient (Wildman–Crippen LogP) is 4.43. The van der Waals surface area contributed by atoms with E-state index in [1.54, 1.807) is 0 Å².